The molecule has 1 aromatic carbocycles. The number of piperidine rings is 1. The number of ether oxygens (including phenoxy) is 1. The standard InChI is InChI=1S/C19H20F6N2O/c1-27-9-4-3-8-14(27)17(28-2)12-10-15(19(23,24)25)26-16-11(12)6-5-7-13(16)18(20,21)22/h5-7,10,14,17H,3-4,8-9H2,1-2H3/t14-,17?/m0/s1. The Morgan fingerprint density at radius 2 is 1.82 bits per heavy atom. The SMILES string of the molecule is COC(c1cc(C(F)(F)F)nc2c(C(F)(F)F)cccc12)[C@@H]1CCCCN1C. The smallest absolute Gasteiger partial charge is 0.375 e. The monoisotopic (exact) mass is 406 g/mol. The van der Waals surface area contributed by atoms with Crippen molar-refractivity contribution < 1.29 is 31.1 Å². The van der Waals surface area contributed by atoms with Gasteiger partial charge in [-0.25, -0.2) is 4.98 Å². The van der Waals surface area contributed by atoms with E-state index >= 15 is 0 Å². The van der Waals surface area contributed by atoms with Crippen molar-refractivity contribution in [2.24, 2.45) is 0 Å². The molecular weight excluding hydrogens is 386 g/mol. The predicted octanol–water partition coefficient (Wildman–Crippen LogP) is 5.44. The van der Waals surface area contributed by atoms with Crippen molar-refractivity contribution in [3.63, 3.8) is 0 Å². The molecule has 0 aliphatic carbocycles. The van der Waals surface area contributed by atoms with Crippen molar-refractivity contribution in [1.82, 2.24) is 9.88 Å². The molecule has 0 spiro atoms. The molecule has 9 heteroatoms. The number of likely N-dealkylation sites (tertiary alicyclic amines) is 1. The predicted molar refractivity (Wildman–Crippen MR) is 91.8 cm³/mol. The van der Waals surface area contributed by atoms with Crippen LogP contribution in [-0.4, -0.2) is 36.6 Å². The Labute approximate surface area is 158 Å². The molecule has 0 saturated carbocycles. The normalized spacial score (nSPS) is 20.5. The Morgan fingerprint density at radius 3 is 2.39 bits per heavy atom. The first-order valence-electron chi connectivity index (χ1n) is 8.85. The summed E-state index contributed by atoms with van der Waals surface area (Å²) in [4.78, 5) is 5.32. The van der Waals surface area contributed by atoms with Crippen molar-refractivity contribution in [1.29, 1.82) is 0 Å². The van der Waals surface area contributed by atoms with Gasteiger partial charge < -0.3 is 9.64 Å². The van der Waals surface area contributed by atoms with Crippen molar-refractivity contribution in [2.45, 2.75) is 43.8 Å². The summed E-state index contributed by atoms with van der Waals surface area (Å²) in [6.07, 6.45) is -8.00. The van der Waals surface area contributed by atoms with Crippen LogP contribution in [0.5, 0.6) is 0 Å². The average molecular weight is 406 g/mol. The highest BCUT2D eigenvalue weighted by Crippen LogP contribution is 2.41. The number of nitrogens with zero attached hydrogens (tertiary/aromatic N) is 2. The molecule has 2 atom stereocenters. The first-order chi connectivity index (χ1) is 13.0. The third-order valence-corrected chi connectivity index (χ3v) is 5.20. The van der Waals surface area contributed by atoms with Crippen LogP contribution in [0.1, 0.15) is 42.2 Å². The zero-order chi connectivity index (χ0) is 20.7. The van der Waals surface area contributed by atoms with E-state index in [4.69, 9.17) is 4.74 Å². The fourth-order valence-corrected chi connectivity index (χ4v) is 3.86. The van der Waals surface area contributed by atoms with Crippen LogP contribution in [-0.2, 0) is 17.1 Å². The number of para-hydroxylation sites is 1. The van der Waals surface area contributed by atoms with Crippen LogP contribution < -0.4 is 0 Å². The number of rotatable bonds is 3. The number of aromatic nitrogens is 1. The molecule has 1 aliphatic rings. The Balaban J connectivity index is 2.28. The maximum atomic E-state index is 13.4. The van der Waals surface area contributed by atoms with E-state index in [1.54, 1.807) is 0 Å². The minimum absolute atomic E-state index is 0.0219. The van der Waals surface area contributed by atoms with Gasteiger partial charge in [-0.1, -0.05) is 18.6 Å². The molecule has 3 rings (SSSR count). The van der Waals surface area contributed by atoms with E-state index in [2.05, 4.69) is 4.98 Å². The number of benzene rings is 1. The second-order valence-corrected chi connectivity index (χ2v) is 6.99. The van der Waals surface area contributed by atoms with Crippen LogP contribution in [0.15, 0.2) is 24.3 Å². The lowest BCUT2D eigenvalue weighted by molar-refractivity contribution is -0.142. The van der Waals surface area contributed by atoms with Crippen molar-refractivity contribution in [3.05, 3.63) is 41.1 Å². The van der Waals surface area contributed by atoms with E-state index in [0.29, 0.717) is 6.42 Å². The van der Waals surface area contributed by atoms with Crippen LogP contribution in [0.2, 0.25) is 0 Å². The van der Waals surface area contributed by atoms with E-state index in [-0.39, 0.29) is 17.0 Å². The quantitative estimate of drug-likeness (QED) is 0.635. The first-order valence-corrected chi connectivity index (χ1v) is 8.85. The van der Waals surface area contributed by atoms with Crippen LogP contribution in [0.3, 0.4) is 0 Å². The Morgan fingerprint density at radius 1 is 1.11 bits per heavy atom. The molecule has 0 N–H and O–H groups in total. The molecule has 28 heavy (non-hydrogen) atoms. The number of hydrogen-bond acceptors (Lipinski definition) is 3. The van der Waals surface area contributed by atoms with E-state index in [9.17, 15) is 26.3 Å². The lowest BCUT2D eigenvalue weighted by atomic mass is 9.90. The van der Waals surface area contributed by atoms with Gasteiger partial charge in [-0.3, -0.25) is 0 Å². The zero-order valence-electron chi connectivity index (χ0n) is 15.4. The fourth-order valence-electron chi connectivity index (χ4n) is 3.86. The van der Waals surface area contributed by atoms with Crippen molar-refractivity contribution in [3.8, 4) is 0 Å². The maximum absolute atomic E-state index is 13.4. The molecule has 1 aliphatic heterocycles. The highest BCUT2D eigenvalue weighted by Gasteiger charge is 2.39. The van der Waals surface area contributed by atoms with Gasteiger partial charge in [0.15, 0.2) is 0 Å². The lowest BCUT2D eigenvalue weighted by Crippen LogP contribution is -2.41. The molecule has 0 bridgehead atoms. The zero-order valence-corrected chi connectivity index (χ0v) is 15.4. The van der Waals surface area contributed by atoms with Gasteiger partial charge >= 0.3 is 12.4 Å². The number of methoxy groups -OCH3 is 1. The minimum Gasteiger partial charge on any atom is -0.375 e. The highest BCUT2D eigenvalue weighted by molar-refractivity contribution is 5.86. The van der Waals surface area contributed by atoms with Gasteiger partial charge in [0.1, 0.15) is 5.69 Å². The summed E-state index contributed by atoms with van der Waals surface area (Å²) in [5.74, 6) is 0. The number of likely N-dealkylation sites (N-methyl/N-ethyl adjacent to an activating group) is 1. The molecule has 1 unspecified atom stereocenters. The molecule has 2 aromatic rings. The molecule has 0 amide bonds. The second kappa shape index (κ2) is 7.51. The van der Waals surface area contributed by atoms with Crippen LogP contribution in [0.25, 0.3) is 10.9 Å². The Hall–Kier alpha value is -1.87. The summed E-state index contributed by atoms with van der Waals surface area (Å²) in [5, 5.41) is 0.0219. The van der Waals surface area contributed by atoms with Crippen molar-refractivity contribution >= 4 is 10.9 Å². The number of halogens is 6. The number of pyridine rings is 1. The molecule has 1 fully saturated rings. The highest BCUT2D eigenvalue weighted by atomic mass is 19.4. The van der Waals surface area contributed by atoms with Gasteiger partial charge in [0.05, 0.1) is 17.2 Å². The van der Waals surface area contributed by atoms with E-state index < -0.39 is 35.2 Å². The number of alkyl halides is 6. The van der Waals surface area contributed by atoms with Crippen LogP contribution in [0, 0.1) is 0 Å². The Bertz CT molecular complexity index is 849. The third kappa shape index (κ3) is 3.96. The topological polar surface area (TPSA) is 25.4 Å². The summed E-state index contributed by atoms with van der Waals surface area (Å²) in [6, 6.07) is 3.87. The van der Waals surface area contributed by atoms with Gasteiger partial charge in [0, 0.05) is 18.5 Å². The molecule has 0 radical (unpaired) electrons. The third-order valence-electron chi connectivity index (χ3n) is 5.20. The first kappa shape index (κ1) is 20.9. The minimum atomic E-state index is -4.88. The molecule has 154 valence electrons. The maximum Gasteiger partial charge on any atom is 0.433 e. The van der Waals surface area contributed by atoms with Crippen LogP contribution in [0.4, 0.5) is 26.3 Å². The van der Waals surface area contributed by atoms with E-state index in [1.165, 1.54) is 19.2 Å². The average Bonchev–Trinajstić information content (AvgIpc) is 2.61. The fraction of sp³-hybridized carbons (Fsp3) is 0.526. The van der Waals surface area contributed by atoms with Gasteiger partial charge in [0.2, 0.25) is 0 Å². The second-order valence-electron chi connectivity index (χ2n) is 6.99. The molecule has 2 heterocycles. The molecule has 3 nitrogen and oxygen atoms in total. The number of fused-ring (bicyclic) bond motifs is 1. The number of hydrogen-bond donors (Lipinski definition) is 0. The van der Waals surface area contributed by atoms with Gasteiger partial charge in [0.25, 0.3) is 0 Å². The van der Waals surface area contributed by atoms with E-state index in [1.807, 2.05) is 11.9 Å². The summed E-state index contributed by atoms with van der Waals surface area (Å²) in [6.45, 7) is 0.744. The summed E-state index contributed by atoms with van der Waals surface area (Å²) in [7, 11) is 3.20. The van der Waals surface area contributed by atoms with Gasteiger partial charge in [-0.2, -0.15) is 26.3 Å². The molecule has 1 aromatic heterocycles. The summed E-state index contributed by atoms with van der Waals surface area (Å²) >= 11 is 0. The summed E-state index contributed by atoms with van der Waals surface area (Å²) < 4.78 is 86.0. The molecule has 1 saturated heterocycles. The molecular formula is C19H20F6N2O. The van der Waals surface area contributed by atoms with Crippen LogP contribution >= 0.6 is 0 Å². The van der Waals surface area contributed by atoms with Crippen molar-refractivity contribution in [2.75, 3.05) is 20.7 Å². The van der Waals surface area contributed by atoms with Gasteiger partial charge in [-0.05, 0) is 44.1 Å². The lowest BCUT2D eigenvalue weighted by Gasteiger charge is -2.38. The van der Waals surface area contributed by atoms with Gasteiger partial charge in [-0.15, -0.1) is 0 Å². The summed E-state index contributed by atoms with van der Waals surface area (Å²) in [5.41, 5.74) is -3.18. The largest absolute Gasteiger partial charge is 0.433 e. The Kier molecular flexibility index (Phi) is 5.60. The van der Waals surface area contributed by atoms with E-state index in [0.717, 1.165) is 31.5 Å².